The number of hydrogen-bond acceptors (Lipinski definition) is 5. The van der Waals surface area contributed by atoms with Crippen LogP contribution in [0.1, 0.15) is 21.7 Å². The quantitative estimate of drug-likeness (QED) is 0.328. The average Bonchev–Trinajstić information content (AvgIpc) is 3.25. The van der Waals surface area contributed by atoms with Crippen LogP contribution < -0.4 is 10.1 Å². The normalized spacial score (nSPS) is 10.7. The molecule has 6 nitrogen and oxygen atoms in total. The Morgan fingerprint density at radius 2 is 1.72 bits per heavy atom. The molecule has 0 spiro atoms. The molecule has 0 unspecified atom stereocenters. The molecule has 0 aliphatic heterocycles. The van der Waals surface area contributed by atoms with Gasteiger partial charge in [0.15, 0.2) is 11.0 Å². The fourth-order valence-corrected chi connectivity index (χ4v) is 4.27. The van der Waals surface area contributed by atoms with E-state index < -0.39 is 0 Å². The van der Waals surface area contributed by atoms with Crippen LogP contribution in [0.3, 0.4) is 0 Å². The molecule has 0 fully saturated rings. The summed E-state index contributed by atoms with van der Waals surface area (Å²) in [6, 6.07) is 25.1. The maximum absolute atomic E-state index is 12.6. The lowest BCUT2D eigenvalue weighted by Crippen LogP contribution is -2.24. The SMILES string of the molecule is COc1ccc(C(=O)NCc2nnc(SCc3ccccc3)n2-c2ccc(Br)cc2)cc1. The van der Waals surface area contributed by atoms with E-state index >= 15 is 0 Å². The van der Waals surface area contributed by atoms with Gasteiger partial charge in [0.25, 0.3) is 5.91 Å². The Balaban J connectivity index is 1.54. The number of methoxy groups -OCH3 is 1. The highest BCUT2D eigenvalue weighted by atomic mass is 79.9. The number of aromatic nitrogens is 3. The van der Waals surface area contributed by atoms with Crippen LogP contribution in [0.5, 0.6) is 5.75 Å². The molecule has 0 aliphatic rings. The highest BCUT2D eigenvalue weighted by Gasteiger charge is 2.16. The van der Waals surface area contributed by atoms with Crippen molar-refractivity contribution in [3.63, 3.8) is 0 Å². The molecule has 8 heteroatoms. The number of carbonyl (C=O) groups excluding carboxylic acids is 1. The standard InChI is InChI=1S/C24H21BrN4O2S/c1-31-21-13-7-18(8-14-21)23(30)26-15-22-27-28-24(32-16-17-5-3-2-4-6-17)29(22)20-11-9-19(25)10-12-20/h2-14H,15-16H2,1H3,(H,26,30). The highest BCUT2D eigenvalue weighted by molar-refractivity contribution is 9.10. The Morgan fingerprint density at radius 3 is 2.41 bits per heavy atom. The number of rotatable bonds is 8. The van der Waals surface area contributed by atoms with Crippen molar-refractivity contribution in [2.75, 3.05) is 7.11 Å². The molecule has 0 bridgehead atoms. The molecule has 1 N–H and O–H groups in total. The van der Waals surface area contributed by atoms with Crippen molar-refractivity contribution in [2.45, 2.75) is 17.5 Å². The monoisotopic (exact) mass is 508 g/mol. The van der Waals surface area contributed by atoms with Crippen molar-refractivity contribution >= 4 is 33.6 Å². The van der Waals surface area contributed by atoms with Crippen molar-refractivity contribution in [3.05, 3.63) is 100 Å². The number of carbonyl (C=O) groups is 1. The van der Waals surface area contributed by atoms with Gasteiger partial charge in [-0.05, 0) is 54.1 Å². The molecule has 1 aromatic heterocycles. The first-order valence-corrected chi connectivity index (χ1v) is 11.7. The van der Waals surface area contributed by atoms with E-state index in [1.165, 1.54) is 5.56 Å². The number of nitrogens with zero attached hydrogens (tertiary/aromatic N) is 3. The first kappa shape index (κ1) is 22.1. The van der Waals surface area contributed by atoms with Crippen molar-refractivity contribution in [1.82, 2.24) is 20.1 Å². The number of ether oxygens (including phenoxy) is 1. The van der Waals surface area contributed by atoms with Crippen molar-refractivity contribution in [3.8, 4) is 11.4 Å². The van der Waals surface area contributed by atoms with Gasteiger partial charge in [0.05, 0.1) is 13.7 Å². The summed E-state index contributed by atoms with van der Waals surface area (Å²) in [7, 11) is 1.59. The van der Waals surface area contributed by atoms with E-state index in [-0.39, 0.29) is 12.5 Å². The van der Waals surface area contributed by atoms with Gasteiger partial charge in [-0.3, -0.25) is 9.36 Å². The van der Waals surface area contributed by atoms with Crippen molar-refractivity contribution < 1.29 is 9.53 Å². The van der Waals surface area contributed by atoms with Gasteiger partial charge in [-0.25, -0.2) is 0 Å². The molecule has 0 atom stereocenters. The maximum atomic E-state index is 12.6. The van der Waals surface area contributed by atoms with Gasteiger partial charge in [0, 0.05) is 21.5 Å². The van der Waals surface area contributed by atoms with E-state index in [4.69, 9.17) is 4.74 Å². The van der Waals surface area contributed by atoms with E-state index in [0.29, 0.717) is 17.1 Å². The van der Waals surface area contributed by atoms with E-state index in [1.807, 2.05) is 47.0 Å². The van der Waals surface area contributed by atoms with Gasteiger partial charge in [-0.1, -0.05) is 58.0 Å². The number of halogens is 1. The Kier molecular flexibility index (Phi) is 7.24. The summed E-state index contributed by atoms with van der Waals surface area (Å²) in [5.74, 6) is 1.95. The Bertz CT molecular complexity index is 1180. The van der Waals surface area contributed by atoms with Crippen LogP contribution in [0.25, 0.3) is 5.69 Å². The largest absolute Gasteiger partial charge is 0.497 e. The summed E-state index contributed by atoms with van der Waals surface area (Å²) in [5.41, 5.74) is 2.69. The second-order valence-corrected chi connectivity index (χ2v) is 8.75. The van der Waals surface area contributed by atoms with Crippen LogP contribution in [0.4, 0.5) is 0 Å². The molecule has 3 aromatic carbocycles. The zero-order valence-corrected chi connectivity index (χ0v) is 19.8. The summed E-state index contributed by atoms with van der Waals surface area (Å²) in [6.45, 7) is 0.250. The Hall–Kier alpha value is -3.10. The predicted molar refractivity (Wildman–Crippen MR) is 129 cm³/mol. The van der Waals surface area contributed by atoms with Crippen LogP contribution >= 0.6 is 27.7 Å². The molecule has 162 valence electrons. The Morgan fingerprint density at radius 1 is 1.00 bits per heavy atom. The fraction of sp³-hybridized carbons (Fsp3) is 0.125. The molecule has 0 radical (unpaired) electrons. The number of benzene rings is 3. The molecule has 0 saturated heterocycles. The lowest BCUT2D eigenvalue weighted by Gasteiger charge is -2.11. The minimum Gasteiger partial charge on any atom is -0.497 e. The van der Waals surface area contributed by atoms with Gasteiger partial charge in [-0.15, -0.1) is 10.2 Å². The summed E-state index contributed by atoms with van der Waals surface area (Å²) in [5, 5.41) is 12.5. The molecular formula is C24H21BrN4O2S. The fourth-order valence-electron chi connectivity index (χ4n) is 3.08. The summed E-state index contributed by atoms with van der Waals surface area (Å²) >= 11 is 5.09. The third-order valence-corrected chi connectivity index (χ3v) is 6.28. The highest BCUT2D eigenvalue weighted by Crippen LogP contribution is 2.26. The maximum Gasteiger partial charge on any atom is 0.251 e. The number of amides is 1. The van der Waals surface area contributed by atoms with Crippen LogP contribution in [-0.2, 0) is 12.3 Å². The van der Waals surface area contributed by atoms with Crippen LogP contribution in [-0.4, -0.2) is 27.8 Å². The number of nitrogens with one attached hydrogen (secondary N) is 1. The van der Waals surface area contributed by atoms with Crippen LogP contribution in [0.2, 0.25) is 0 Å². The van der Waals surface area contributed by atoms with E-state index in [2.05, 4.69) is 43.6 Å². The molecule has 1 amide bonds. The van der Waals surface area contributed by atoms with Crippen LogP contribution in [0, 0.1) is 0 Å². The van der Waals surface area contributed by atoms with Gasteiger partial charge < -0.3 is 10.1 Å². The molecule has 4 rings (SSSR count). The van der Waals surface area contributed by atoms with E-state index in [0.717, 1.165) is 21.1 Å². The van der Waals surface area contributed by atoms with E-state index in [9.17, 15) is 4.79 Å². The number of thioether (sulfide) groups is 1. The first-order valence-electron chi connectivity index (χ1n) is 9.93. The topological polar surface area (TPSA) is 69.0 Å². The Labute approximate surface area is 199 Å². The first-order chi connectivity index (χ1) is 15.6. The molecule has 0 aliphatic carbocycles. The third kappa shape index (κ3) is 5.38. The lowest BCUT2D eigenvalue weighted by molar-refractivity contribution is 0.0949. The smallest absolute Gasteiger partial charge is 0.251 e. The molecule has 4 aromatic rings. The molecule has 32 heavy (non-hydrogen) atoms. The molecule has 1 heterocycles. The van der Waals surface area contributed by atoms with Gasteiger partial charge in [-0.2, -0.15) is 0 Å². The molecule has 0 saturated carbocycles. The number of hydrogen-bond donors (Lipinski definition) is 1. The minimum atomic E-state index is -0.184. The molecular weight excluding hydrogens is 488 g/mol. The lowest BCUT2D eigenvalue weighted by atomic mass is 10.2. The average molecular weight is 509 g/mol. The second kappa shape index (κ2) is 10.5. The minimum absolute atomic E-state index is 0.184. The zero-order chi connectivity index (χ0) is 22.3. The van der Waals surface area contributed by atoms with Crippen molar-refractivity contribution in [1.29, 1.82) is 0 Å². The summed E-state index contributed by atoms with van der Waals surface area (Å²) < 4.78 is 8.12. The third-order valence-electron chi connectivity index (χ3n) is 4.76. The van der Waals surface area contributed by atoms with E-state index in [1.54, 1.807) is 43.1 Å². The predicted octanol–water partition coefficient (Wildman–Crippen LogP) is 5.26. The summed E-state index contributed by atoms with van der Waals surface area (Å²) in [6.07, 6.45) is 0. The van der Waals surface area contributed by atoms with Gasteiger partial charge in [0.1, 0.15) is 5.75 Å². The van der Waals surface area contributed by atoms with Crippen LogP contribution in [0.15, 0.2) is 88.5 Å². The second-order valence-electron chi connectivity index (χ2n) is 6.90. The van der Waals surface area contributed by atoms with Crippen molar-refractivity contribution in [2.24, 2.45) is 0 Å². The van der Waals surface area contributed by atoms with Gasteiger partial charge >= 0.3 is 0 Å². The zero-order valence-electron chi connectivity index (χ0n) is 17.4. The van der Waals surface area contributed by atoms with Gasteiger partial charge in [0.2, 0.25) is 0 Å². The summed E-state index contributed by atoms with van der Waals surface area (Å²) in [4.78, 5) is 12.6.